The number of hydrogen-bond donors (Lipinski definition) is 2. The van der Waals surface area contributed by atoms with E-state index in [0.717, 1.165) is 36.6 Å². The Bertz CT molecular complexity index is 1250. The maximum absolute atomic E-state index is 13.5. The standard InChI is InChI=1S/C26H28F3IN4O/c1-16-9-10-21-20(12-16)22(14-23(32-21)26(27,28)29)31-18-7-5-11-25(30,15-18)33-24(35)17-6-4-8-19(13-17)34(2)3/h4,6,8-10,12-14,18H,5,7,11,15H2,1-3H3,(H,31,32)(H,33,35)/t18-,25?/m0/s1. The zero-order valence-corrected chi connectivity index (χ0v) is 22.0. The number of hydrogen-bond acceptors (Lipinski definition) is 4. The quantitative estimate of drug-likeness (QED) is 0.200. The third-order valence-corrected chi connectivity index (χ3v) is 7.52. The minimum absolute atomic E-state index is 0.0961. The summed E-state index contributed by atoms with van der Waals surface area (Å²) in [7, 11) is 3.84. The molecule has 0 spiro atoms. The molecule has 0 aliphatic heterocycles. The molecule has 0 bridgehead atoms. The van der Waals surface area contributed by atoms with Gasteiger partial charge in [-0.3, -0.25) is 4.79 Å². The number of fused-ring (bicyclic) bond motifs is 1. The van der Waals surface area contributed by atoms with Gasteiger partial charge in [0.1, 0.15) is 5.69 Å². The van der Waals surface area contributed by atoms with Crippen LogP contribution in [0.15, 0.2) is 48.5 Å². The molecule has 35 heavy (non-hydrogen) atoms. The van der Waals surface area contributed by atoms with Gasteiger partial charge in [-0.15, -0.1) is 0 Å². The van der Waals surface area contributed by atoms with E-state index in [2.05, 4.69) is 38.2 Å². The zero-order chi connectivity index (χ0) is 25.4. The molecule has 1 saturated carbocycles. The van der Waals surface area contributed by atoms with Crippen molar-refractivity contribution in [1.82, 2.24) is 10.3 Å². The van der Waals surface area contributed by atoms with E-state index in [1.807, 2.05) is 50.2 Å². The number of aromatic nitrogens is 1. The molecule has 0 radical (unpaired) electrons. The number of nitrogens with zero attached hydrogens (tertiary/aromatic N) is 2. The number of anilines is 2. The maximum Gasteiger partial charge on any atom is 0.433 e. The molecule has 3 aromatic rings. The Morgan fingerprint density at radius 2 is 1.94 bits per heavy atom. The van der Waals surface area contributed by atoms with Gasteiger partial charge in [-0.05, 0) is 69.0 Å². The average Bonchev–Trinajstić information content (AvgIpc) is 2.78. The van der Waals surface area contributed by atoms with Gasteiger partial charge < -0.3 is 15.5 Å². The van der Waals surface area contributed by atoms with Crippen LogP contribution in [0, 0.1) is 6.92 Å². The van der Waals surface area contributed by atoms with Crippen molar-refractivity contribution in [3.8, 4) is 0 Å². The molecule has 1 heterocycles. The molecule has 1 aliphatic rings. The van der Waals surface area contributed by atoms with Crippen LogP contribution < -0.4 is 15.5 Å². The molecule has 1 aromatic heterocycles. The molecule has 5 nitrogen and oxygen atoms in total. The largest absolute Gasteiger partial charge is 0.433 e. The molecule has 1 amide bonds. The summed E-state index contributed by atoms with van der Waals surface area (Å²) in [6.07, 6.45) is -1.52. The molecular weight excluding hydrogens is 568 g/mol. The number of amides is 1. The van der Waals surface area contributed by atoms with E-state index >= 15 is 0 Å². The summed E-state index contributed by atoms with van der Waals surface area (Å²) >= 11 is 2.28. The van der Waals surface area contributed by atoms with E-state index in [-0.39, 0.29) is 11.9 Å². The first kappa shape index (κ1) is 25.5. The predicted octanol–water partition coefficient (Wildman–Crippen LogP) is 6.54. The summed E-state index contributed by atoms with van der Waals surface area (Å²) in [6, 6.07) is 13.6. The van der Waals surface area contributed by atoms with Crippen LogP contribution >= 0.6 is 22.6 Å². The molecule has 1 unspecified atom stereocenters. The Hall–Kier alpha value is -2.56. The molecule has 1 aliphatic carbocycles. The lowest BCUT2D eigenvalue weighted by Crippen LogP contribution is -2.49. The van der Waals surface area contributed by atoms with Crippen LogP contribution in [0.25, 0.3) is 10.9 Å². The Morgan fingerprint density at radius 3 is 2.66 bits per heavy atom. The van der Waals surface area contributed by atoms with Gasteiger partial charge in [0.2, 0.25) is 0 Å². The third-order valence-electron chi connectivity index (χ3n) is 6.27. The minimum atomic E-state index is -4.54. The van der Waals surface area contributed by atoms with Crippen LogP contribution in [0.3, 0.4) is 0 Å². The van der Waals surface area contributed by atoms with E-state index < -0.39 is 15.4 Å². The highest BCUT2D eigenvalue weighted by molar-refractivity contribution is 14.1. The Balaban J connectivity index is 1.56. The first-order valence-electron chi connectivity index (χ1n) is 11.5. The van der Waals surface area contributed by atoms with Crippen LogP contribution in [-0.4, -0.2) is 34.6 Å². The summed E-state index contributed by atoms with van der Waals surface area (Å²) in [4.78, 5) is 18.8. The van der Waals surface area contributed by atoms with E-state index in [4.69, 9.17) is 0 Å². The van der Waals surface area contributed by atoms with Crippen molar-refractivity contribution < 1.29 is 18.0 Å². The Morgan fingerprint density at radius 1 is 1.17 bits per heavy atom. The summed E-state index contributed by atoms with van der Waals surface area (Å²) in [6.45, 7) is 1.90. The highest BCUT2D eigenvalue weighted by atomic mass is 127. The van der Waals surface area contributed by atoms with Crippen molar-refractivity contribution in [2.24, 2.45) is 0 Å². The van der Waals surface area contributed by atoms with E-state index in [9.17, 15) is 18.0 Å². The second-order valence-corrected chi connectivity index (χ2v) is 11.4. The third kappa shape index (κ3) is 5.99. The molecule has 2 N–H and O–H groups in total. The van der Waals surface area contributed by atoms with Crippen molar-refractivity contribution >= 4 is 50.8 Å². The summed E-state index contributed by atoms with van der Waals surface area (Å²) in [5.41, 5.74) is 2.26. The SMILES string of the molecule is Cc1ccc2nc(C(F)(F)F)cc(N[C@H]3CCCC(I)(NC(=O)c4cccc(N(C)C)c4)C3)c2c1. The summed E-state index contributed by atoms with van der Waals surface area (Å²) in [5, 5.41) is 7.18. The van der Waals surface area contributed by atoms with Crippen molar-refractivity contribution in [3.63, 3.8) is 0 Å². The summed E-state index contributed by atoms with van der Waals surface area (Å²) in [5.74, 6) is -0.159. The molecule has 186 valence electrons. The molecule has 0 saturated heterocycles. The minimum Gasteiger partial charge on any atom is -0.382 e. The number of nitrogens with one attached hydrogen (secondary N) is 2. The van der Waals surface area contributed by atoms with Gasteiger partial charge >= 0.3 is 6.18 Å². The number of carbonyl (C=O) groups excluding carboxylic acids is 1. The van der Waals surface area contributed by atoms with Gasteiger partial charge in [0.25, 0.3) is 5.91 Å². The van der Waals surface area contributed by atoms with Crippen LogP contribution in [0.5, 0.6) is 0 Å². The van der Waals surface area contributed by atoms with Gasteiger partial charge in [-0.25, -0.2) is 4.98 Å². The van der Waals surface area contributed by atoms with Crippen LogP contribution in [0.4, 0.5) is 24.5 Å². The molecule has 4 rings (SSSR count). The van der Waals surface area contributed by atoms with Crippen molar-refractivity contribution in [2.45, 2.75) is 48.4 Å². The number of carbonyl (C=O) groups is 1. The lowest BCUT2D eigenvalue weighted by atomic mass is 9.90. The number of aryl methyl sites for hydroxylation is 1. The van der Waals surface area contributed by atoms with Crippen LogP contribution in [0.2, 0.25) is 0 Å². The molecule has 2 aromatic carbocycles. The average molecular weight is 596 g/mol. The van der Waals surface area contributed by atoms with E-state index in [1.54, 1.807) is 18.2 Å². The molecular formula is C26H28F3IN4O. The predicted molar refractivity (Wildman–Crippen MR) is 142 cm³/mol. The zero-order valence-electron chi connectivity index (χ0n) is 19.8. The fourth-order valence-corrected chi connectivity index (χ4v) is 5.64. The van der Waals surface area contributed by atoms with Gasteiger partial charge in [-0.1, -0.05) is 40.3 Å². The molecule has 9 heteroatoms. The second kappa shape index (κ2) is 9.83. The van der Waals surface area contributed by atoms with Gasteiger partial charge in [-0.2, -0.15) is 13.2 Å². The van der Waals surface area contributed by atoms with Crippen molar-refractivity contribution in [2.75, 3.05) is 24.3 Å². The fourth-order valence-electron chi connectivity index (χ4n) is 4.49. The Labute approximate surface area is 216 Å². The van der Waals surface area contributed by atoms with Crippen molar-refractivity contribution in [1.29, 1.82) is 0 Å². The molecule has 2 atom stereocenters. The lowest BCUT2D eigenvalue weighted by Gasteiger charge is -2.38. The highest BCUT2D eigenvalue weighted by Gasteiger charge is 2.37. The van der Waals surface area contributed by atoms with Crippen molar-refractivity contribution in [3.05, 3.63) is 65.4 Å². The van der Waals surface area contributed by atoms with Crippen LogP contribution in [0.1, 0.15) is 47.3 Å². The second-order valence-electron chi connectivity index (χ2n) is 9.38. The van der Waals surface area contributed by atoms with Gasteiger partial charge in [0, 0.05) is 42.5 Å². The first-order chi connectivity index (χ1) is 16.4. The Kier molecular flexibility index (Phi) is 7.17. The number of rotatable bonds is 5. The number of halogens is 4. The maximum atomic E-state index is 13.5. The molecule has 1 fully saturated rings. The smallest absolute Gasteiger partial charge is 0.382 e. The van der Waals surface area contributed by atoms with E-state index in [0.29, 0.717) is 28.6 Å². The monoisotopic (exact) mass is 596 g/mol. The summed E-state index contributed by atoms with van der Waals surface area (Å²) < 4.78 is 40.0. The number of pyridine rings is 1. The van der Waals surface area contributed by atoms with Gasteiger partial charge in [0.15, 0.2) is 0 Å². The fraction of sp³-hybridized carbons (Fsp3) is 0.385. The highest BCUT2D eigenvalue weighted by Crippen LogP contribution is 2.38. The first-order valence-corrected chi connectivity index (χ1v) is 12.6. The number of alkyl halides is 4. The normalized spacial score (nSPS) is 20.5. The van der Waals surface area contributed by atoms with Crippen LogP contribution in [-0.2, 0) is 6.18 Å². The lowest BCUT2D eigenvalue weighted by molar-refractivity contribution is -0.140. The van der Waals surface area contributed by atoms with Gasteiger partial charge in [0.05, 0.1) is 9.06 Å². The topological polar surface area (TPSA) is 57.3 Å². The number of benzene rings is 2. The van der Waals surface area contributed by atoms with E-state index in [1.165, 1.54) is 0 Å².